The van der Waals surface area contributed by atoms with E-state index < -0.39 is 8.07 Å². The summed E-state index contributed by atoms with van der Waals surface area (Å²) in [6, 6.07) is 0. The zero-order chi connectivity index (χ0) is 16.4. The Morgan fingerprint density at radius 1 is 1.18 bits per heavy atom. The van der Waals surface area contributed by atoms with Crippen LogP contribution in [0.15, 0.2) is 23.8 Å². The predicted octanol–water partition coefficient (Wildman–Crippen LogP) is 3.76. The van der Waals surface area contributed by atoms with E-state index in [0.717, 1.165) is 24.0 Å². The Bertz CT molecular complexity index is 597. The molecule has 0 aromatic carbocycles. The van der Waals surface area contributed by atoms with Gasteiger partial charge in [0.2, 0.25) is 0 Å². The van der Waals surface area contributed by atoms with Gasteiger partial charge < -0.3 is 0 Å². The smallest absolute Gasteiger partial charge is 0.257 e. The lowest BCUT2D eigenvalue weighted by Crippen LogP contribution is -2.44. The topological polar surface area (TPSA) is 37.4 Å². The minimum Gasteiger partial charge on any atom is -0.271 e. The molecule has 3 aliphatic rings. The molecule has 0 aromatic heterocycles. The summed E-state index contributed by atoms with van der Waals surface area (Å²) in [5.74, 6) is 0.578. The lowest BCUT2D eigenvalue weighted by Gasteiger charge is -2.45. The summed E-state index contributed by atoms with van der Waals surface area (Å²) in [4.78, 5) is 26.6. The van der Waals surface area contributed by atoms with E-state index in [2.05, 4.69) is 40.4 Å². The van der Waals surface area contributed by atoms with Crippen LogP contribution in [0.1, 0.15) is 33.6 Å². The molecule has 1 fully saturated rings. The van der Waals surface area contributed by atoms with Gasteiger partial charge in [0.1, 0.15) is 0 Å². The van der Waals surface area contributed by atoms with E-state index in [4.69, 9.17) is 0 Å². The molecule has 1 saturated carbocycles. The highest BCUT2D eigenvalue weighted by molar-refractivity contribution is 6.81. The molecule has 3 nitrogen and oxygen atoms in total. The number of imide groups is 1. The normalized spacial score (nSPS) is 31.3. The molecule has 3 rings (SSSR count). The number of carbonyl (C=O) groups is 2. The van der Waals surface area contributed by atoms with Gasteiger partial charge in [-0.05, 0) is 35.3 Å². The van der Waals surface area contributed by atoms with Crippen LogP contribution in [0.5, 0.6) is 0 Å². The van der Waals surface area contributed by atoms with Crippen LogP contribution < -0.4 is 0 Å². The van der Waals surface area contributed by atoms with Crippen molar-refractivity contribution >= 4 is 19.9 Å². The van der Waals surface area contributed by atoms with Gasteiger partial charge in [-0.25, -0.2) is 0 Å². The van der Waals surface area contributed by atoms with Gasteiger partial charge in [-0.1, -0.05) is 39.9 Å². The quantitative estimate of drug-likeness (QED) is 0.451. The fourth-order valence-electron chi connectivity index (χ4n) is 4.61. The van der Waals surface area contributed by atoms with Crippen LogP contribution in [-0.4, -0.2) is 31.3 Å². The zero-order valence-corrected chi connectivity index (χ0v) is 15.4. The molecule has 120 valence electrons. The van der Waals surface area contributed by atoms with Crippen molar-refractivity contribution < 1.29 is 9.59 Å². The molecule has 3 unspecified atom stereocenters. The number of fused-ring (bicyclic) bond motifs is 4. The average Bonchev–Trinajstić information content (AvgIpc) is 3.05. The maximum absolute atomic E-state index is 12.7. The molecule has 1 aliphatic heterocycles. The van der Waals surface area contributed by atoms with Gasteiger partial charge in [0.15, 0.2) is 0 Å². The molecule has 22 heavy (non-hydrogen) atoms. The second-order valence-electron chi connectivity index (χ2n) is 8.69. The maximum Gasteiger partial charge on any atom is 0.257 e. The third-order valence-electron chi connectivity index (χ3n) is 6.75. The molecule has 0 aromatic rings. The lowest BCUT2D eigenvalue weighted by atomic mass is 9.93. The van der Waals surface area contributed by atoms with Crippen LogP contribution in [0.3, 0.4) is 0 Å². The first-order valence-electron chi connectivity index (χ1n) is 8.32. The van der Waals surface area contributed by atoms with Crippen molar-refractivity contribution in [3.63, 3.8) is 0 Å². The summed E-state index contributed by atoms with van der Waals surface area (Å²) in [7, 11) is -1.51. The second kappa shape index (κ2) is 4.67. The van der Waals surface area contributed by atoms with Crippen molar-refractivity contribution in [2.45, 2.75) is 57.3 Å². The lowest BCUT2D eigenvalue weighted by molar-refractivity contribution is -0.137. The molecule has 3 atom stereocenters. The Labute approximate surface area is 134 Å². The van der Waals surface area contributed by atoms with E-state index >= 15 is 0 Å². The number of carbonyl (C=O) groups excluding carboxylic acids is 2. The molecular formula is C18H27NO2Si. The molecule has 2 bridgehead atoms. The van der Waals surface area contributed by atoms with Gasteiger partial charge in [0, 0.05) is 17.7 Å². The van der Waals surface area contributed by atoms with Crippen LogP contribution in [-0.2, 0) is 9.59 Å². The van der Waals surface area contributed by atoms with Crippen molar-refractivity contribution in [3.8, 4) is 0 Å². The SMILES string of the molecule is C=CCN1C(=O)C2=C(C1=O)C1CC2CC1[Si](C)(C)C(C)(C)C. The van der Waals surface area contributed by atoms with Crippen molar-refractivity contribution in [2.75, 3.05) is 6.54 Å². The Morgan fingerprint density at radius 2 is 1.77 bits per heavy atom. The highest BCUT2D eigenvalue weighted by atomic mass is 28.3. The number of amides is 2. The molecule has 0 saturated heterocycles. The van der Waals surface area contributed by atoms with Gasteiger partial charge in [-0.15, -0.1) is 6.58 Å². The van der Waals surface area contributed by atoms with Gasteiger partial charge in [0.25, 0.3) is 11.8 Å². The van der Waals surface area contributed by atoms with Gasteiger partial charge in [-0.3, -0.25) is 14.5 Å². The summed E-state index contributed by atoms with van der Waals surface area (Å²) < 4.78 is 0. The molecule has 0 N–H and O–H groups in total. The molecular weight excluding hydrogens is 290 g/mol. The fraction of sp³-hybridized carbons (Fsp3) is 0.667. The van der Waals surface area contributed by atoms with Crippen molar-refractivity contribution in [3.05, 3.63) is 23.8 Å². The molecule has 1 heterocycles. The minimum atomic E-state index is -1.51. The third kappa shape index (κ3) is 1.86. The average molecular weight is 318 g/mol. The maximum atomic E-state index is 12.7. The first-order chi connectivity index (χ1) is 10.1. The Kier molecular flexibility index (Phi) is 3.33. The van der Waals surface area contributed by atoms with E-state index in [0.29, 0.717) is 29.0 Å². The molecule has 0 spiro atoms. The Morgan fingerprint density at radius 3 is 2.32 bits per heavy atom. The van der Waals surface area contributed by atoms with Crippen molar-refractivity contribution in [2.24, 2.45) is 11.8 Å². The molecule has 2 amide bonds. The highest BCUT2D eigenvalue weighted by Crippen LogP contribution is 2.63. The monoisotopic (exact) mass is 317 g/mol. The van der Waals surface area contributed by atoms with E-state index in [1.807, 2.05) is 0 Å². The summed E-state index contributed by atoms with van der Waals surface area (Å²) in [6.45, 7) is 15.9. The van der Waals surface area contributed by atoms with Gasteiger partial charge in [0.05, 0.1) is 8.07 Å². The Balaban J connectivity index is 1.96. The fourth-order valence-corrected chi connectivity index (χ4v) is 7.90. The number of hydrogen-bond acceptors (Lipinski definition) is 2. The molecule has 2 aliphatic carbocycles. The van der Waals surface area contributed by atoms with E-state index in [9.17, 15) is 9.59 Å². The van der Waals surface area contributed by atoms with Crippen LogP contribution in [0.25, 0.3) is 0 Å². The first-order valence-corrected chi connectivity index (χ1v) is 11.4. The van der Waals surface area contributed by atoms with Gasteiger partial charge >= 0.3 is 0 Å². The van der Waals surface area contributed by atoms with E-state index in [1.54, 1.807) is 6.08 Å². The minimum absolute atomic E-state index is 0.0317. The van der Waals surface area contributed by atoms with Crippen molar-refractivity contribution in [1.82, 2.24) is 4.90 Å². The van der Waals surface area contributed by atoms with Crippen molar-refractivity contribution in [1.29, 1.82) is 0 Å². The predicted molar refractivity (Wildman–Crippen MR) is 91.1 cm³/mol. The number of rotatable bonds is 3. The van der Waals surface area contributed by atoms with Crippen LogP contribution >= 0.6 is 0 Å². The summed E-state index contributed by atoms with van der Waals surface area (Å²) in [6.07, 6.45) is 3.79. The first kappa shape index (κ1) is 15.7. The molecule has 4 heteroatoms. The molecule has 0 radical (unpaired) electrons. The third-order valence-corrected chi connectivity index (χ3v) is 13.1. The largest absolute Gasteiger partial charge is 0.271 e. The number of nitrogens with zero attached hydrogens (tertiary/aromatic N) is 1. The van der Waals surface area contributed by atoms with E-state index in [1.165, 1.54) is 4.90 Å². The summed E-state index contributed by atoms with van der Waals surface area (Å²) in [5, 5.41) is 0.315. The van der Waals surface area contributed by atoms with Crippen LogP contribution in [0, 0.1) is 11.8 Å². The number of likely N-dealkylation sites (tertiary alicyclic amines) is 1. The Hall–Kier alpha value is -1.16. The standard InChI is InChI=1S/C18H27NO2Si/c1-7-8-19-16(20)14-11-9-12(15(14)17(19)21)13(10-11)22(5,6)18(2,3)4/h7,11-13H,1,8-10H2,2-6H3. The summed E-state index contributed by atoms with van der Waals surface area (Å²) in [5.41, 5.74) is 2.35. The van der Waals surface area contributed by atoms with E-state index in [-0.39, 0.29) is 11.8 Å². The number of hydrogen-bond donors (Lipinski definition) is 0. The zero-order valence-electron chi connectivity index (χ0n) is 14.4. The second-order valence-corrected chi connectivity index (χ2v) is 14.4. The van der Waals surface area contributed by atoms with Crippen LogP contribution in [0.4, 0.5) is 0 Å². The van der Waals surface area contributed by atoms with Crippen LogP contribution in [0.2, 0.25) is 23.7 Å². The summed E-state index contributed by atoms with van der Waals surface area (Å²) >= 11 is 0. The highest BCUT2D eigenvalue weighted by Gasteiger charge is 2.60. The van der Waals surface area contributed by atoms with Gasteiger partial charge in [-0.2, -0.15) is 0 Å².